The second kappa shape index (κ2) is 8.29. The van der Waals surface area contributed by atoms with Crippen LogP contribution in [0.4, 0.5) is 0 Å². The minimum absolute atomic E-state index is 0.0477. The van der Waals surface area contributed by atoms with E-state index in [2.05, 4.69) is 14.9 Å². The van der Waals surface area contributed by atoms with Gasteiger partial charge in [-0.2, -0.15) is 9.29 Å². The molecule has 28 heavy (non-hydrogen) atoms. The Bertz CT molecular complexity index is 997. The third kappa shape index (κ3) is 4.34. The Hall–Kier alpha value is -2.43. The molecule has 10 heteroatoms. The molecule has 1 aromatic carbocycles. The fourth-order valence-electron chi connectivity index (χ4n) is 2.94. The molecule has 1 aliphatic heterocycles. The number of rotatable bonds is 6. The largest absolute Gasteiger partial charge is 0.493 e. The fourth-order valence-corrected chi connectivity index (χ4v) is 4.39. The van der Waals surface area contributed by atoms with Gasteiger partial charge in [-0.3, -0.25) is 4.79 Å². The van der Waals surface area contributed by atoms with Gasteiger partial charge >= 0.3 is 0 Å². The lowest BCUT2D eigenvalue weighted by atomic mass is 10.2. The minimum atomic E-state index is -3.70. The van der Waals surface area contributed by atoms with E-state index in [0.29, 0.717) is 44.1 Å². The molecule has 0 aliphatic carbocycles. The Morgan fingerprint density at radius 1 is 1.21 bits per heavy atom. The Morgan fingerprint density at radius 3 is 2.57 bits per heavy atom. The number of aromatic nitrogens is 2. The van der Waals surface area contributed by atoms with E-state index in [0.717, 1.165) is 12.5 Å². The summed E-state index contributed by atoms with van der Waals surface area (Å²) in [6, 6.07) is 5.41. The number of aromatic amines is 1. The van der Waals surface area contributed by atoms with E-state index in [9.17, 15) is 18.3 Å². The van der Waals surface area contributed by atoms with Crippen molar-refractivity contribution < 1.29 is 18.3 Å². The van der Waals surface area contributed by atoms with Crippen molar-refractivity contribution in [2.45, 2.75) is 18.2 Å². The standard InChI is InChI=1S/C18H24N4O5S/c1-3-10-27-15-5-4-13(28(25,26)22-8-6-21(2)7-9-22)11-14(15)18-19-16(23)12-17(24)20-18/h4-5,11-12H,3,6-10H2,1-2H3,(H2,19,20,23,24). The highest BCUT2D eigenvalue weighted by atomic mass is 32.2. The zero-order valence-electron chi connectivity index (χ0n) is 15.9. The van der Waals surface area contributed by atoms with Crippen molar-refractivity contribution in [3.8, 4) is 23.0 Å². The number of hydrogen-bond donors (Lipinski definition) is 2. The summed E-state index contributed by atoms with van der Waals surface area (Å²) < 4.78 is 33.3. The number of likely N-dealkylation sites (N-methyl/N-ethyl adjacent to an activating group) is 1. The van der Waals surface area contributed by atoms with Crippen LogP contribution in [-0.2, 0) is 10.0 Å². The molecule has 0 saturated carbocycles. The second-order valence-corrected chi connectivity index (χ2v) is 8.60. The normalized spacial score (nSPS) is 16.2. The van der Waals surface area contributed by atoms with Gasteiger partial charge in [0, 0.05) is 26.2 Å². The van der Waals surface area contributed by atoms with Gasteiger partial charge in [0.1, 0.15) is 11.6 Å². The maximum atomic E-state index is 13.1. The van der Waals surface area contributed by atoms with Crippen molar-refractivity contribution in [2.75, 3.05) is 39.8 Å². The highest BCUT2D eigenvalue weighted by Gasteiger charge is 2.28. The number of ether oxygens (including phenoxy) is 1. The van der Waals surface area contributed by atoms with Crippen LogP contribution >= 0.6 is 0 Å². The van der Waals surface area contributed by atoms with Gasteiger partial charge in [-0.15, -0.1) is 0 Å². The summed E-state index contributed by atoms with van der Waals surface area (Å²) in [7, 11) is -1.75. The number of hydrogen-bond acceptors (Lipinski definition) is 7. The summed E-state index contributed by atoms with van der Waals surface area (Å²) in [6.07, 6.45) is 0.755. The number of piperazine rings is 1. The lowest BCUT2D eigenvalue weighted by Gasteiger charge is -2.31. The second-order valence-electron chi connectivity index (χ2n) is 6.67. The van der Waals surface area contributed by atoms with Gasteiger partial charge in [-0.25, -0.2) is 8.42 Å². The van der Waals surface area contributed by atoms with Crippen molar-refractivity contribution in [1.29, 1.82) is 0 Å². The Morgan fingerprint density at radius 2 is 1.93 bits per heavy atom. The zero-order valence-corrected chi connectivity index (χ0v) is 16.7. The van der Waals surface area contributed by atoms with E-state index in [1.807, 2.05) is 14.0 Å². The van der Waals surface area contributed by atoms with Gasteiger partial charge in [0.15, 0.2) is 0 Å². The molecule has 2 aromatic rings. The fraction of sp³-hybridized carbons (Fsp3) is 0.444. The van der Waals surface area contributed by atoms with Crippen LogP contribution in [-0.4, -0.2) is 72.5 Å². The highest BCUT2D eigenvalue weighted by Crippen LogP contribution is 2.32. The Kier molecular flexibility index (Phi) is 6.01. The smallest absolute Gasteiger partial charge is 0.254 e. The van der Waals surface area contributed by atoms with Gasteiger partial charge in [0.2, 0.25) is 15.9 Å². The van der Waals surface area contributed by atoms with Gasteiger partial charge in [0.25, 0.3) is 5.56 Å². The predicted molar refractivity (Wildman–Crippen MR) is 104 cm³/mol. The molecular formula is C18H24N4O5S. The van der Waals surface area contributed by atoms with Crippen LogP contribution in [0.5, 0.6) is 11.6 Å². The van der Waals surface area contributed by atoms with E-state index >= 15 is 0 Å². The van der Waals surface area contributed by atoms with Crippen LogP contribution in [0.1, 0.15) is 13.3 Å². The van der Waals surface area contributed by atoms with Crippen LogP contribution in [0.15, 0.2) is 34.0 Å². The van der Waals surface area contributed by atoms with Gasteiger partial charge in [0.05, 0.1) is 23.1 Å². The van der Waals surface area contributed by atoms with E-state index in [4.69, 9.17) is 4.74 Å². The first kappa shape index (κ1) is 20.3. The molecule has 0 radical (unpaired) electrons. The minimum Gasteiger partial charge on any atom is -0.493 e. The first-order valence-corrected chi connectivity index (χ1v) is 10.5. The number of benzene rings is 1. The zero-order chi connectivity index (χ0) is 20.3. The molecule has 1 fully saturated rings. The molecule has 0 atom stereocenters. The van der Waals surface area contributed by atoms with Crippen molar-refractivity contribution in [3.63, 3.8) is 0 Å². The molecule has 0 amide bonds. The maximum absolute atomic E-state index is 13.1. The Labute approximate surface area is 163 Å². The summed E-state index contributed by atoms with van der Waals surface area (Å²) in [6.45, 7) is 4.49. The molecule has 9 nitrogen and oxygen atoms in total. The molecular weight excluding hydrogens is 384 g/mol. The van der Waals surface area contributed by atoms with Crippen LogP contribution in [0.25, 0.3) is 11.4 Å². The monoisotopic (exact) mass is 408 g/mol. The molecule has 3 rings (SSSR count). The van der Waals surface area contributed by atoms with Gasteiger partial charge < -0.3 is 19.7 Å². The summed E-state index contributed by atoms with van der Waals surface area (Å²) >= 11 is 0. The van der Waals surface area contributed by atoms with Crippen molar-refractivity contribution >= 4 is 10.0 Å². The molecule has 1 aromatic heterocycles. The Balaban J connectivity index is 2.05. The molecule has 0 spiro atoms. The third-order valence-electron chi connectivity index (χ3n) is 4.50. The number of nitrogens with zero attached hydrogens (tertiary/aromatic N) is 3. The molecule has 2 heterocycles. The van der Waals surface area contributed by atoms with Crippen molar-refractivity contribution in [2.24, 2.45) is 0 Å². The van der Waals surface area contributed by atoms with Crippen LogP contribution < -0.4 is 10.3 Å². The van der Waals surface area contributed by atoms with E-state index in [1.54, 1.807) is 6.07 Å². The van der Waals surface area contributed by atoms with E-state index < -0.39 is 21.5 Å². The highest BCUT2D eigenvalue weighted by molar-refractivity contribution is 7.89. The lowest BCUT2D eigenvalue weighted by molar-refractivity contribution is 0.222. The summed E-state index contributed by atoms with van der Waals surface area (Å²) in [5.74, 6) is -0.0213. The number of nitrogens with one attached hydrogen (secondary N) is 1. The molecule has 0 bridgehead atoms. The summed E-state index contributed by atoms with van der Waals surface area (Å²) in [4.78, 5) is 20.3. The molecule has 152 valence electrons. The lowest BCUT2D eigenvalue weighted by Crippen LogP contribution is -2.47. The number of sulfonamides is 1. The first-order chi connectivity index (χ1) is 13.3. The number of H-pyrrole nitrogens is 1. The average molecular weight is 408 g/mol. The predicted octanol–water partition coefficient (Wildman–Crippen LogP) is 0.867. The molecule has 1 saturated heterocycles. The van der Waals surface area contributed by atoms with Crippen LogP contribution in [0.3, 0.4) is 0 Å². The SMILES string of the molecule is CCCOc1ccc(S(=O)(=O)N2CCN(C)CC2)cc1-c1nc(O)cc(=O)[nH]1. The van der Waals surface area contributed by atoms with E-state index in [1.165, 1.54) is 16.4 Å². The third-order valence-corrected chi connectivity index (χ3v) is 6.39. The van der Waals surface area contributed by atoms with Gasteiger partial charge in [-0.05, 0) is 31.7 Å². The quantitative estimate of drug-likeness (QED) is 0.728. The topological polar surface area (TPSA) is 116 Å². The molecule has 0 unspecified atom stereocenters. The maximum Gasteiger partial charge on any atom is 0.254 e. The summed E-state index contributed by atoms with van der Waals surface area (Å²) in [5, 5.41) is 9.68. The number of aromatic hydroxyl groups is 1. The molecule has 2 N–H and O–H groups in total. The van der Waals surface area contributed by atoms with E-state index in [-0.39, 0.29) is 10.7 Å². The van der Waals surface area contributed by atoms with Gasteiger partial charge in [-0.1, -0.05) is 6.92 Å². The van der Waals surface area contributed by atoms with Crippen LogP contribution in [0, 0.1) is 0 Å². The van der Waals surface area contributed by atoms with Crippen LogP contribution in [0.2, 0.25) is 0 Å². The first-order valence-electron chi connectivity index (χ1n) is 9.07. The molecule has 1 aliphatic rings. The summed E-state index contributed by atoms with van der Waals surface area (Å²) in [5.41, 5.74) is -0.243. The van der Waals surface area contributed by atoms with Crippen molar-refractivity contribution in [1.82, 2.24) is 19.2 Å². The average Bonchev–Trinajstić information content (AvgIpc) is 2.65. The van der Waals surface area contributed by atoms with Crippen molar-refractivity contribution in [3.05, 3.63) is 34.6 Å².